The van der Waals surface area contributed by atoms with Crippen LogP contribution in [0, 0.1) is 5.82 Å². The van der Waals surface area contributed by atoms with E-state index >= 15 is 0 Å². The second-order valence-corrected chi connectivity index (χ2v) is 8.45. The van der Waals surface area contributed by atoms with E-state index in [0.717, 1.165) is 5.56 Å². The lowest BCUT2D eigenvalue weighted by atomic mass is 9.72. The molecule has 1 aliphatic rings. The third-order valence-electron chi connectivity index (χ3n) is 6.02. The van der Waals surface area contributed by atoms with Crippen molar-refractivity contribution in [2.45, 2.75) is 23.4 Å². The number of benzene rings is 2. The van der Waals surface area contributed by atoms with Gasteiger partial charge in [0.1, 0.15) is 11.5 Å². The Morgan fingerprint density at radius 2 is 1.72 bits per heavy atom. The van der Waals surface area contributed by atoms with E-state index in [2.05, 4.69) is 4.98 Å². The lowest BCUT2D eigenvalue weighted by Gasteiger charge is -2.40. The lowest BCUT2D eigenvalue weighted by Crippen LogP contribution is -2.49. The Morgan fingerprint density at radius 3 is 2.31 bits per heavy atom. The first-order chi connectivity index (χ1) is 15.5. The minimum absolute atomic E-state index is 0.173. The molecule has 2 heterocycles. The third kappa shape index (κ3) is 3.90. The first-order valence-electron chi connectivity index (χ1n) is 10.3. The normalized spacial score (nSPS) is 15.4. The summed E-state index contributed by atoms with van der Waals surface area (Å²) in [6.07, 6.45) is 4.37. The fourth-order valence-electron chi connectivity index (χ4n) is 4.29. The molecular weight excluding hydrogens is 429 g/mol. The Morgan fingerprint density at radius 1 is 1.06 bits per heavy atom. The van der Waals surface area contributed by atoms with Crippen LogP contribution in [0.25, 0.3) is 5.69 Å². The second kappa shape index (κ2) is 9.16. The molecule has 0 spiro atoms. The summed E-state index contributed by atoms with van der Waals surface area (Å²) in [5.41, 5.74) is 1.21. The number of hydrogen-bond donors (Lipinski definition) is 0. The molecule has 8 heteroatoms. The molecule has 0 aliphatic carbocycles. The Kier molecular flexibility index (Phi) is 6.32. The Labute approximate surface area is 190 Å². The number of methoxy groups -OCH3 is 1. The summed E-state index contributed by atoms with van der Waals surface area (Å²) >= 11 is 1.41. The van der Waals surface area contributed by atoms with Crippen molar-refractivity contribution in [3.05, 3.63) is 77.9 Å². The molecule has 32 heavy (non-hydrogen) atoms. The van der Waals surface area contributed by atoms with E-state index in [1.165, 1.54) is 31.0 Å². The summed E-state index contributed by atoms with van der Waals surface area (Å²) in [7, 11) is 1.40. The zero-order valence-electron chi connectivity index (χ0n) is 18.0. The molecule has 0 atom stereocenters. The van der Waals surface area contributed by atoms with Gasteiger partial charge in [-0.05, 0) is 48.9 Å². The Hall–Kier alpha value is -3.13. The summed E-state index contributed by atoms with van der Waals surface area (Å²) in [6.45, 7) is 0.818. The average molecular weight is 454 g/mol. The zero-order valence-corrected chi connectivity index (χ0v) is 18.8. The number of thioether (sulfide) groups is 1. The lowest BCUT2D eigenvalue weighted by molar-refractivity contribution is -0.149. The van der Waals surface area contributed by atoms with E-state index in [4.69, 9.17) is 4.74 Å². The highest BCUT2D eigenvalue weighted by Crippen LogP contribution is 2.37. The number of carbonyl (C=O) groups is 2. The number of aromatic nitrogens is 2. The second-order valence-electron chi connectivity index (χ2n) is 7.67. The molecule has 1 amide bonds. The monoisotopic (exact) mass is 453 g/mol. The van der Waals surface area contributed by atoms with Gasteiger partial charge in [-0.15, -0.1) is 0 Å². The van der Waals surface area contributed by atoms with Crippen LogP contribution in [0.3, 0.4) is 0 Å². The van der Waals surface area contributed by atoms with Gasteiger partial charge in [-0.25, -0.2) is 9.37 Å². The first kappa shape index (κ1) is 22.1. The molecule has 0 N–H and O–H groups in total. The molecule has 1 aromatic heterocycles. The van der Waals surface area contributed by atoms with Crippen molar-refractivity contribution in [1.82, 2.24) is 14.5 Å². The van der Waals surface area contributed by atoms with Crippen molar-refractivity contribution < 1.29 is 18.7 Å². The van der Waals surface area contributed by atoms with Gasteiger partial charge in [0.2, 0.25) is 0 Å². The van der Waals surface area contributed by atoms with Crippen molar-refractivity contribution in [2.24, 2.45) is 0 Å². The van der Waals surface area contributed by atoms with Crippen molar-refractivity contribution in [2.75, 3.05) is 26.5 Å². The molecular formula is C24H24FN3O3S. The van der Waals surface area contributed by atoms with Gasteiger partial charge < -0.3 is 9.64 Å². The predicted octanol–water partition coefficient (Wildman–Crippen LogP) is 4.08. The average Bonchev–Trinajstić information content (AvgIpc) is 3.28. The summed E-state index contributed by atoms with van der Waals surface area (Å²) < 4.78 is 20.3. The maximum Gasteiger partial charge on any atom is 0.316 e. The number of esters is 1. The molecule has 1 aliphatic heterocycles. The third-order valence-corrected chi connectivity index (χ3v) is 6.68. The Balaban J connectivity index is 1.61. The molecule has 2 aromatic carbocycles. The molecule has 0 bridgehead atoms. The van der Waals surface area contributed by atoms with Crippen molar-refractivity contribution >= 4 is 23.6 Å². The van der Waals surface area contributed by atoms with E-state index in [0.29, 0.717) is 42.5 Å². The molecule has 3 aromatic rings. The van der Waals surface area contributed by atoms with Gasteiger partial charge in [0.05, 0.1) is 18.7 Å². The van der Waals surface area contributed by atoms with Gasteiger partial charge >= 0.3 is 5.97 Å². The van der Waals surface area contributed by atoms with Crippen LogP contribution in [0.2, 0.25) is 0 Å². The number of nitrogens with zero attached hydrogens (tertiary/aromatic N) is 3. The summed E-state index contributed by atoms with van der Waals surface area (Å²) in [5, 5.41) is 0.644. The largest absolute Gasteiger partial charge is 0.468 e. The van der Waals surface area contributed by atoms with E-state index in [1.807, 2.05) is 36.6 Å². The van der Waals surface area contributed by atoms with Gasteiger partial charge in [-0.3, -0.25) is 14.2 Å². The zero-order chi connectivity index (χ0) is 22.7. The van der Waals surface area contributed by atoms with Crippen LogP contribution in [0.15, 0.2) is 66.0 Å². The number of piperidine rings is 1. The molecule has 0 radical (unpaired) electrons. The van der Waals surface area contributed by atoms with Crippen molar-refractivity contribution in [1.29, 1.82) is 0 Å². The van der Waals surface area contributed by atoms with Crippen LogP contribution in [-0.2, 0) is 14.9 Å². The number of carbonyl (C=O) groups excluding carboxylic acids is 2. The van der Waals surface area contributed by atoms with E-state index in [9.17, 15) is 14.0 Å². The van der Waals surface area contributed by atoms with Gasteiger partial charge in [-0.2, -0.15) is 0 Å². The number of ether oxygens (including phenoxy) is 1. The standard InChI is InChI=1S/C24H24FN3O3S/c1-31-22(30)24(17-6-4-3-5-7-17)12-14-27(15-13-24)21(29)20-16-26-23(32-2)28(20)19-10-8-18(25)9-11-19/h3-11,16H,12-15H2,1-2H3. The highest BCUT2D eigenvalue weighted by atomic mass is 32.2. The fourth-order valence-corrected chi connectivity index (χ4v) is 4.83. The first-order valence-corrected chi connectivity index (χ1v) is 11.5. The van der Waals surface area contributed by atoms with Gasteiger partial charge in [-0.1, -0.05) is 42.1 Å². The van der Waals surface area contributed by atoms with Crippen LogP contribution in [0.5, 0.6) is 0 Å². The van der Waals surface area contributed by atoms with Gasteiger partial charge in [0.15, 0.2) is 5.16 Å². The number of hydrogen-bond acceptors (Lipinski definition) is 5. The topological polar surface area (TPSA) is 64.4 Å². The van der Waals surface area contributed by atoms with Crippen LogP contribution >= 0.6 is 11.8 Å². The van der Waals surface area contributed by atoms with Crippen LogP contribution in [-0.4, -0.2) is 52.8 Å². The summed E-state index contributed by atoms with van der Waals surface area (Å²) in [4.78, 5) is 32.3. The Bertz CT molecular complexity index is 1110. The fraction of sp³-hybridized carbons (Fsp3) is 0.292. The maximum absolute atomic E-state index is 13.4. The van der Waals surface area contributed by atoms with Crippen molar-refractivity contribution in [3.8, 4) is 5.69 Å². The molecule has 0 unspecified atom stereocenters. The number of imidazole rings is 1. The molecule has 1 fully saturated rings. The summed E-state index contributed by atoms with van der Waals surface area (Å²) in [6, 6.07) is 15.6. The van der Waals surface area contributed by atoms with E-state index < -0.39 is 5.41 Å². The van der Waals surface area contributed by atoms with Crippen LogP contribution < -0.4 is 0 Å². The summed E-state index contributed by atoms with van der Waals surface area (Å²) in [5.74, 6) is -0.797. The number of rotatable bonds is 5. The van der Waals surface area contributed by atoms with Crippen LogP contribution in [0.1, 0.15) is 28.9 Å². The number of likely N-dealkylation sites (tertiary alicyclic amines) is 1. The number of amides is 1. The minimum atomic E-state index is -0.769. The molecule has 0 saturated carbocycles. The molecule has 166 valence electrons. The number of halogens is 1. The maximum atomic E-state index is 13.4. The molecule has 1 saturated heterocycles. The van der Waals surface area contributed by atoms with Gasteiger partial charge in [0.25, 0.3) is 5.91 Å². The predicted molar refractivity (Wildman–Crippen MR) is 121 cm³/mol. The smallest absolute Gasteiger partial charge is 0.316 e. The van der Waals surface area contributed by atoms with E-state index in [1.54, 1.807) is 27.8 Å². The highest BCUT2D eigenvalue weighted by Gasteiger charge is 2.45. The van der Waals surface area contributed by atoms with Crippen molar-refractivity contribution in [3.63, 3.8) is 0 Å². The van der Waals surface area contributed by atoms with E-state index in [-0.39, 0.29) is 17.7 Å². The van der Waals surface area contributed by atoms with Crippen LogP contribution in [0.4, 0.5) is 4.39 Å². The molecule has 6 nitrogen and oxygen atoms in total. The van der Waals surface area contributed by atoms with Gasteiger partial charge in [0, 0.05) is 18.8 Å². The highest BCUT2D eigenvalue weighted by molar-refractivity contribution is 7.98. The quantitative estimate of drug-likeness (QED) is 0.430. The SMILES string of the molecule is COC(=O)C1(c2ccccc2)CCN(C(=O)c2cnc(SC)n2-c2ccc(F)cc2)CC1. The minimum Gasteiger partial charge on any atom is -0.468 e. The molecule has 4 rings (SSSR count).